The first-order valence-corrected chi connectivity index (χ1v) is 7.23. The Morgan fingerprint density at radius 3 is 1.53 bits per heavy atom. The van der Waals surface area contributed by atoms with E-state index in [0.29, 0.717) is 0 Å². The van der Waals surface area contributed by atoms with Crippen LogP contribution in [-0.2, 0) is 0 Å². The van der Waals surface area contributed by atoms with E-state index >= 15 is 0 Å². The van der Waals surface area contributed by atoms with Gasteiger partial charge in [-0.25, -0.2) is 0 Å². The van der Waals surface area contributed by atoms with Gasteiger partial charge in [0, 0.05) is 0 Å². The van der Waals surface area contributed by atoms with Gasteiger partial charge in [-0.2, -0.15) is 0 Å². The van der Waals surface area contributed by atoms with Crippen molar-refractivity contribution in [1.82, 2.24) is 0 Å². The average molecular weight is 212 g/mol. The van der Waals surface area contributed by atoms with Crippen LogP contribution in [0.15, 0.2) is 0 Å². The van der Waals surface area contributed by atoms with Crippen molar-refractivity contribution < 1.29 is 0 Å². The highest BCUT2D eigenvalue weighted by molar-refractivity contribution is 4.71. The van der Waals surface area contributed by atoms with Crippen LogP contribution in [0.3, 0.4) is 0 Å². The van der Waals surface area contributed by atoms with Gasteiger partial charge in [0.15, 0.2) is 0 Å². The highest BCUT2D eigenvalue weighted by Crippen LogP contribution is 2.31. The molecule has 0 saturated carbocycles. The van der Waals surface area contributed by atoms with Gasteiger partial charge in [-0.3, -0.25) is 0 Å². The lowest BCUT2D eigenvalue weighted by atomic mass is 9.78. The molecule has 0 saturated heterocycles. The molecule has 0 amide bonds. The molecule has 0 bridgehead atoms. The Balaban J connectivity index is 4.17. The topological polar surface area (TPSA) is 0 Å². The van der Waals surface area contributed by atoms with Crippen LogP contribution in [0, 0.1) is 17.8 Å². The van der Waals surface area contributed by atoms with Crippen molar-refractivity contribution in [3.8, 4) is 0 Å². The van der Waals surface area contributed by atoms with Crippen molar-refractivity contribution >= 4 is 0 Å². The molecule has 0 aromatic rings. The summed E-state index contributed by atoms with van der Waals surface area (Å²) < 4.78 is 0. The molecule has 0 nitrogen and oxygen atoms in total. The minimum absolute atomic E-state index is 0.973. The van der Waals surface area contributed by atoms with Crippen LogP contribution in [0.4, 0.5) is 0 Å². The summed E-state index contributed by atoms with van der Waals surface area (Å²) in [5.41, 5.74) is 0. The molecule has 92 valence electrons. The summed E-state index contributed by atoms with van der Waals surface area (Å²) in [5.74, 6) is 2.95. The second kappa shape index (κ2) is 9.24. The molecule has 0 rings (SSSR count). The second-order valence-electron chi connectivity index (χ2n) is 5.04. The third kappa shape index (κ3) is 5.58. The zero-order chi connectivity index (χ0) is 11.7. The summed E-state index contributed by atoms with van der Waals surface area (Å²) in [6.07, 6.45) is 9.78. The maximum atomic E-state index is 2.38. The van der Waals surface area contributed by atoms with Gasteiger partial charge in [0.1, 0.15) is 0 Å². The average Bonchev–Trinajstić information content (AvgIpc) is 2.28. The smallest absolute Gasteiger partial charge is 0.0386 e. The molecular weight excluding hydrogens is 180 g/mol. The van der Waals surface area contributed by atoms with E-state index < -0.39 is 0 Å². The van der Waals surface area contributed by atoms with Crippen molar-refractivity contribution in [3.63, 3.8) is 0 Å². The van der Waals surface area contributed by atoms with Gasteiger partial charge < -0.3 is 0 Å². The van der Waals surface area contributed by atoms with Gasteiger partial charge in [-0.05, 0) is 24.2 Å². The largest absolute Gasteiger partial charge is 0.0654 e. The molecule has 0 fully saturated rings. The first-order valence-electron chi connectivity index (χ1n) is 7.23. The van der Waals surface area contributed by atoms with Crippen LogP contribution < -0.4 is 0 Å². The Bertz CT molecular complexity index is 124. The van der Waals surface area contributed by atoms with E-state index in [9.17, 15) is 0 Å². The van der Waals surface area contributed by atoms with Crippen LogP contribution in [-0.4, -0.2) is 0 Å². The summed E-state index contributed by atoms with van der Waals surface area (Å²) in [5, 5.41) is 0. The van der Waals surface area contributed by atoms with Crippen molar-refractivity contribution in [1.29, 1.82) is 0 Å². The monoisotopic (exact) mass is 212 g/mol. The van der Waals surface area contributed by atoms with Crippen LogP contribution in [0.1, 0.15) is 79.6 Å². The lowest BCUT2D eigenvalue weighted by Crippen LogP contribution is -2.17. The first-order chi connectivity index (χ1) is 7.23. The van der Waals surface area contributed by atoms with Crippen molar-refractivity contribution in [2.45, 2.75) is 79.6 Å². The molecule has 2 atom stereocenters. The van der Waals surface area contributed by atoms with E-state index in [4.69, 9.17) is 0 Å². The Morgan fingerprint density at radius 1 is 0.667 bits per heavy atom. The first kappa shape index (κ1) is 15.0. The Hall–Kier alpha value is 0. The van der Waals surface area contributed by atoms with E-state index in [-0.39, 0.29) is 0 Å². The van der Waals surface area contributed by atoms with Gasteiger partial charge >= 0.3 is 0 Å². The van der Waals surface area contributed by atoms with E-state index in [2.05, 4.69) is 34.6 Å². The molecule has 2 unspecified atom stereocenters. The van der Waals surface area contributed by atoms with Crippen LogP contribution in [0.5, 0.6) is 0 Å². The molecule has 0 heterocycles. The summed E-state index contributed by atoms with van der Waals surface area (Å²) >= 11 is 0. The Labute approximate surface area is 97.8 Å². The van der Waals surface area contributed by atoms with E-state index in [1.54, 1.807) is 0 Å². The Kier molecular flexibility index (Phi) is 9.24. The minimum Gasteiger partial charge on any atom is -0.0654 e. The molecule has 0 spiro atoms. The molecule has 0 aromatic carbocycles. The fourth-order valence-corrected chi connectivity index (χ4v) is 2.89. The number of hydrogen-bond donors (Lipinski definition) is 0. The van der Waals surface area contributed by atoms with Crippen molar-refractivity contribution in [2.75, 3.05) is 0 Å². The van der Waals surface area contributed by atoms with Gasteiger partial charge in [0.25, 0.3) is 0 Å². The van der Waals surface area contributed by atoms with Gasteiger partial charge in [0.2, 0.25) is 0 Å². The molecule has 0 N–H and O–H groups in total. The molecule has 0 aliphatic rings. The van der Waals surface area contributed by atoms with E-state index in [0.717, 1.165) is 17.8 Å². The fraction of sp³-hybridized carbons (Fsp3) is 1.00. The van der Waals surface area contributed by atoms with Crippen LogP contribution in [0.2, 0.25) is 0 Å². The second-order valence-corrected chi connectivity index (χ2v) is 5.04. The molecule has 0 aromatic heterocycles. The fourth-order valence-electron chi connectivity index (χ4n) is 2.89. The standard InChI is InChI=1S/C15H32/c1-6-11-14(9-4)15(10-5)12-13(7-2)8-3/h13-15H,6-12H2,1-5H3. The van der Waals surface area contributed by atoms with Gasteiger partial charge in [0.05, 0.1) is 0 Å². The predicted molar refractivity (Wildman–Crippen MR) is 71.2 cm³/mol. The predicted octanol–water partition coefficient (Wildman–Crippen LogP) is 5.67. The summed E-state index contributed by atoms with van der Waals surface area (Å²) in [6, 6.07) is 0. The Morgan fingerprint density at radius 2 is 1.20 bits per heavy atom. The highest BCUT2D eigenvalue weighted by atomic mass is 14.3. The quantitative estimate of drug-likeness (QED) is 0.462. The third-order valence-electron chi connectivity index (χ3n) is 4.17. The van der Waals surface area contributed by atoms with Crippen LogP contribution in [0.25, 0.3) is 0 Å². The van der Waals surface area contributed by atoms with Gasteiger partial charge in [-0.15, -0.1) is 0 Å². The lowest BCUT2D eigenvalue weighted by molar-refractivity contribution is 0.232. The lowest BCUT2D eigenvalue weighted by Gasteiger charge is -2.28. The maximum Gasteiger partial charge on any atom is -0.0386 e. The molecule has 0 aliphatic carbocycles. The van der Waals surface area contributed by atoms with E-state index in [1.165, 1.54) is 44.9 Å². The van der Waals surface area contributed by atoms with Crippen molar-refractivity contribution in [2.24, 2.45) is 17.8 Å². The third-order valence-corrected chi connectivity index (χ3v) is 4.17. The zero-order valence-electron chi connectivity index (χ0n) is 11.7. The minimum atomic E-state index is 0.973. The SMILES string of the molecule is CCCC(CC)C(CC)CC(CC)CC. The molecule has 0 radical (unpaired) electrons. The normalized spacial score (nSPS) is 15.6. The summed E-state index contributed by atoms with van der Waals surface area (Å²) in [4.78, 5) is 0. The van der Waals surface area contributed by atoms with Crippen LogP contribution >= 0.6 is 0 Å². The molecule has 15 heavy (non-hydrogen) atoms. The molecular formula is C15H32. The number of rotatable bonds is 9. The summed E-state index contributed by atoms with van der Waals surface area (Å²) in [7, 11) is 0. The van der Waals surface area contributed by atoms with Gasteiger partial charge in [-0.1, -0.05) is 73.1 Å². The molecule has 0 aliphatic heterocycles. The van der Waals surface area contributed by atoms with E-state index in [1.807, 2.05) is 0 Å². The maximum absolute atomic E-state index is 2.38. The zero-order valence-corrected chi connectivity index (χ0v) is 11.7. The summed E-state index contributed by atoms with van der Waals surface area (Å²) in [6.45, 7) is 11.8. The highest BCUT2D eigenvalue weighted by Gasteiger charge is 2.20. The van der Waals surface area contributed by atoms with Crippen molar-refractivity contribution in [3.05, 3.63) is 0 Å². The molecule has 0 heteroatoms. The number of hydrogen-bond acceptors (Lipinski definition) is 0.